The molecule has 0 saturated carbocycles. The molecular formula is C11H17NO6. The molecule has 2 saturated heterocycles. The Morgan fingerprint density at radius 3 is 2.72 bits per heavy atom. The summed E-state index contributed by atoms with van der Waals surface area (Å²) in [6, 6.07) is -0.840. The fourth-order valence-electron chi connectivity index (χ4n) is 2.26. The number of carboxylic acid groups (broad SMARTS) is 1. The van der Waals surface area contributed by atoms with Gasteiger partial charge in [0.2, 0.25) is 0 Å². The maximum Gasteiger partial charge on any atom is 0.326 e. The maximum absolute atomic E-state index is 12.2. The first-order valence-electron chi connectivity index (χ1n) is 5.89. The molecule has 0 bridgehead atoms. The van der Waals surface area contributed by atoms with Gasteiger partial charge in [-0.2, -0.15) is 0 Å². The second-order valence-electron chi connectivity index (χ2n) is 4.37. The Kier molecular flexibility index (Phi) is 4.15. The van der Waals surface area contributed by atoms with Crippen LogP contribution in [0.5, 0.6) is 0 Å². The molecule has 2 heterocycles. The maximum atomic E-state index is 12.2. The van der Waals surface area contributed by atoms with Gasteiger partial charge in [-0.1, -0.05) is 0 Å². The minimum absolute atomic E-state index is 0.180. The first kappa shape index (κ1) is 13.3. The minimum atomic E-state index is -1.01. The number of nitrogens with zero attached hydrogens (tertiary/aromatic N) is 1. The number of carbonyl (C=O) groups is 2. The molecule has 0 spiro atoms. The van der Waals surface area contributed by atoms with E-state index in [4.69, 9.17) is 19.3 Å². The third kappa shape index (κ3) is 2.63. The van der Waals surface area contributed by atoms with Crippen molar-refractivity contribution in [2.75, 3.05) is 33.5 Å². The molecule has 0 aliphatic carbocycles. The molecular weight excluding hydrogens is 242 g/mol. The summed E-state index contributed by atoms with van der Waals surface area (Å²) in [4.78, 5) is 24.6. The number of carboxylic acids is 1. The van der Waals surface area contributed by atoms with Crippen LogP contribution in [-0.2, 0) is 23.8 Å². The standard InChI is InChI=1S/C11H17NO6/c1-16-7-4-8(11(14)15)12(5-7)10(13)9-6-17-2-3-18-9/h7-9H,2-6H2,1H3,(H,14,15). The van der Waals surface area contributed by atoms with Crippen LogP contribution in [0.1, 0.15) is 6.42 Å². The molecule has 3 unspecified atom stereocenters. The van der Waals surface area contributed by atoms with Crippen LogP contribution in [0.4, 0.5) is 0 Å². The van der Waals surface area contributed by atoms with Gasteiger partial charge in [0, 0.05) is 20.1 Å². The van der Waals surface area contributed by atoms with E-state index >= 15 is 0 Å². The van der Waals surface area contributed by atoms with Crippen molar-refractivity contribution in [3.63, 3.8) is 0 Å². The lowest BCUT2D eigenvalue weighted by molar-refractivity contribution is -0.163. The van der Waals surface area contributed by atoms with Crippen LogP contribution in [-0.4, -0.2) is 73.6 Å². The summed E-state index contributed by atoms with van der Waals surface area (Å²) < 4.78 is 15.6. The molecule has 2 rings (SSSR count). The van der Waals surface area contributed by atoms with Gasteiger partial charge in [0.15, 0.2) is 6.10 Å². The van der Waals surface area contributed by atoms with Gasteiger partial charge in [0.25, 0.3) is 5.91 Å². The van der Waals surface area contributed by atoms with Crippen LogP contribution in [0.3, 0.4) is 0 Å². The van der Waals surface area contributed by atoms with Crippen LogP contribution < -0.4 is 0 Å². The summed E-state index contributed by atoms with van der Waals surface area (Å²) in [7, 11) is 1.51. The summed E-state index contributed by atoms with van der Waals surface area (Å²) in [5, 5.41) is 9.12. The topological polar surface area (TPSA) is 85.3 Å². The number of ether oxygens (including phenoxy) is 3. The van der Waals surface area contributed by atoms with Gasteiger partial charge in [-0.3, -0.25) is 4.79 Å². The van der Waals surface area contributed by atoms with Gasteiger partial charge in [-0.15, -0.1) is 0 Å². The van der Waals surface area contributed by atoms with Crippen molar-refractivity contribution in [1.82, 2.24) is 4.90 Å². The summed E-state index contributed by atoms with van der Waals surface area (Å²) in [6.45, 7) is 1.29. The molecule has 1 N–H and O–H groups in total. The van der Waals surface area contributed by atoms with Crippen molar-refractivity contribution in [1.29, 1.82) is 0 Å². The third-order valence-electron chi connectivity index (χ3n) is 3.26. The molecule has 3 atom stereocenters. The Bertz CT molecular complexity index is 327. The Morgan fingerprint density at radius 2 is 2.17 bits per heavy atom. The van der Waals surface area contributed by atoms with E-state index in [1.54, 1.807) is 0 Å². The Morgan fingerprint density at radius 1 is 1.39 bits per heavy atom. The van der Waals surface area contributed by atoms with Crippen molar-refractivity contribution in [2.45, 2.75) is 24.7 Å². The fourth-order valence-corrected chi connectivity index (χ4v) is 2.26. The number of rotatable bonds is 3. The average molecular weight is 259 g/mol. The fraction of sp³-hybridized carbons (Fsp3) is 0.818. The van der Waals surface area contributed by atoms with E-state index in [9.17, 15) is 9.59 Å². The lowest BCUT2D eigenvalue weighted by atomic mass is 10.2. The van der Waals surface area contributed by atoms with Gasteiger partial charge in [0.05, 0.1) is 25.9 Å². The lowest BCUT2D eigenvalue weighted by Gasteiger charge is -2.28. The zero-order valence-electron chi connectivity index (χ0n) is 10.2. The van der Waals surface area contributed by atoms with Gasteiger partial charge < -0.3 is 24.2 Å². The molecule has 18 heavy (non-hydrogen) atoms. The second kappa shape index (κ2) is 5.64. The van der Waals surface area contributed by atoms with E-state index < -0.39 is 18.1 Å². The molecule has 7 nitrogen and oxygen atoms in total. The molecule has 102 valence electrons. The largest absolute Gasteiger partial charge is 0.480 e. The molecule has 0 radical (unpaired) electrons. The number of hydrogen-bond donors (Lipinski definition) is 1. The predicted octanol–water partition coefficient (Wildman–Crippen LogP) is -0.898. The molecule has 1 amide bonds. The summed E-state index contributed by atoms with van der Waals surface area (Å²) in [6.07, 6.45) is -0.624. The number of likely N-dealkylation sites (tertiary alicyclic amines) is 1. The Balaban J connectivity index is 2.04. The van der Waals surface area contributed by atoms with Crippen molar-refractivity contribution >= 4 is 11.9 Å². The number of carbonyl (C=O) groups excluding carboxylic acids is 1. The second-order valence-corrected chi connectivity index (χ2v) is 4.37. The highest BCUT2D eigenvalue weighted by Gasteiger charge is 2.42. The first-order valence-corrected chi connectivity index (χ1v) is 5.89. The molecule has 2 fully saturated rings. The smallest absolute Gasteiger partial charge is 0.326 e. The summed E-state index contributed by atoms with van der Waals surface area (Å²) in [5.74, 6) is -1.35. The van der Waals surface area contributed by atoms with Gasteiger partial charge in [-0.25, -0.2) is 4.79 Å². The van der Waals surface area contributed by atoms with Crippen molar-refractivity contribution < 1.29 is 28.9 Å². The average Bonchev–Trinajstić information content (AvgIpc) is 2.83. The monoisotopic (exact) mass is 259 g/mol. The Labute approximate surface area is 105 Å². The molecule has 0 aromatic carbocycles. The van der Waals surface area contributed by atoms with E-state index in [0.29, 0.717) is 19.6 Å². The quantitative estimate of drug-likeness (QED) is 0.707. The highest BCUT2D eigenvalue weighted by Crippen LogP contribution is 2.22. The first-order chi connectivity index (χ1) is 8.63. The molecule has 0 aromatic heterocycles. The van der Waals surface area contributed by atoms with E-state index in [1.807, 2.05) is 0 Å². The molecule has 0 aromatic rings. The van der Waals surface area contributed by atoms with Crippen molar-refractivity contribution in [2.24, 2.45) is 0 Å². The summed E-state index contributed by atoms with van der Waals surface area (Å²) in [5.41, 5.74) is 0. The summed E-state index contributed by atoms with van der Waals surface area (Å²) >= 11 is 0. The van der Waals surface area contributed by atoms with E-state index in [-0.39, 0.29) is 25.2 Å². The van der Waals surface area contributed by atoms with Crippen LogP contribution >= 0.6 is 0 Å². The normalized spacial score (nSPS) is 32.5. The molecule has 2 aliphatic rings. The van der Waals surface area contributed by atoms with E-state index in [0.717, 1.165) is 0 Å². The van der Waals surface area contributed by atoms with Gasteiger partial charge in [-0.05, 0) is 0 Å². The van der Waals surface area contributed by atoms with Gasteiger partial charge >= 0.3 is 5.97 Å². The SMILES string of the molecule is COC1CC(C(=O)O)N(C(=O)C2COCCO2)C1. The van der Waals surface area contributed by atoms with Crippen molar-refractivity contribution in [3.8, 4) is 0 Å². The third-order valence-corrected chi connectivity index (χ3v) is 3.26. The van der Waals surface area contributed by atoms with Crippen molar-refractivity contribution in [3.05, 3.63) is 0 Å². The zero-order valence-corrected chi connectivity index (χ0v) is 10.2. The van der Waals surface area contributed by atoms with E-state index in [1.165, 1.54) is 12.0 Å². The number of aliphatic carboxylic acids is 1. The highest BCUT2D eigenvalue weighted by molar-refractivity contribution is 5.87. The minimum Gasteiger partial charge on any atom is -0.480 e. The predicted molar refractivity (Wildman–Crippen MR) is 59.1 cm³/mol. The van der Waals surface area contributed by atoms with Crippen LogP contribution in [0.2, 0.25) is 0 Å². The number of hydrogen-bond acceptors (Lipinski definition) is 5. The van der Waals surface area contributed by atoms with Crippen LogP contribution in [0.15, 0.2) is 0 Å². The van der Waals surface area contributed by atoms with E-state index in [2.05, 4.69) is 0 Å². The van der Waals surface area contributed by atoms with Crippen LogP contribution in [0, 0.1) is 0 Å². The number of methoxy groups -OCH3 is 1. The lowest BCUT2D eigenvalue weighted by Crippen LogP contribution is -2.49. The zero-order chi connectivity index (χ0) is 13.1. The number of amides is 1. The molecule has 2 aliphatic heterocycles. The van der Waals surface area contributed by atoms with Gasteiger partial charge in [0.1, 0.15) is 6.04 Å². The Hall–Kier alpha value is -1.18. The molecule has 7 heteroatoms. The van der Waals surface area contributed by atoms with Crippen LogP contribution in [0.25, 0.3) is 0 Å². The highest BCUT2D eigenvalue weighted by atomic mass is 16.6.